The van der Waals surface area contributed by atoms with Crippen molar-refractivity contribution >= 4 is 33.6 Å². The van der Waals surface area contributed by atoms with Crippen molar-refractivity contribution in [2.45, 2.75) is 6.92 Å². The zero-order valence-corrected chi connectivity index (χ0v) is 7.95. The molecule has 0 saturated heterocycles. The highest BCUT2D eigenvalue weighted by Crippen LogP contribution is 2.25. The van der Waals surface area contributed by atoms with E-state index >= 15 is 0 Å². The summed E-state index contributed by atoms with van der Waals surface area (Å²) < 4.78 is 1.81. The normalized spacial score (nSPS) is 10.8. The fourth-order valence-electron chi connectivity index (χ4n) is 1.21. The highest BCUT2D eigenvalue weighted by atomic mass is 35.5. The van der Waals surface area contributed by atoms with Gasteiger partial charge in [-0.15, -0.1) is 11.3 Å². The van der Waals surface area contributed by atoms with Gasteiger partial charge in [-0.05, 0) is 6.07 Å². The number of rotatable bonds is 1. The molecule has 12 heavy (non-hydrogen) atoms. The van der Waals surface area contributed by atoms with Crippen molar-refractivity contribution in [1.29, 1.82) is 0 Å². The molecule has 2 aromatic rings. The minimum absolute atomic E-state index is 0.00148. The van der Waals surface area contributed by atoms with E-state index in [0.29, 0.717) is 10.7 Å². The minimum atomic E-state index is -0.00148. The number of carbonyl (C=O) groups is 1. The SMILES string of the molecule is CC(=O)c1c(Cl)cc2sccn12. The zero-order valence-electron chi connectivity index (χ0n) is 6.37. The van der Waals surface area contributed by atoms with E-state index in [-0.39, 0.29) is 5.78 Å². The van der Waals surface area contributed by atoms with Crippen LogP contribution in [0, 0.1) is 0 Å². The Balaban J connectivity index is 2.84. The summed E-state index contributed by atoms with van der Waals surface area (Å²) in [5.74, 6) is -0.00148. The third-order valence-corrected chi connectivity index (χ3v) is 2.79. The number of halogens is 1. The highest BCUT2D eigenvalue weighted by molar-refractivity contribution is 7.15. The predicted molar refractivity (Wildman–Crippen MR) is 50.3 cm³/mol. The maximum Gasteiger partial charge on any atom is 0.178 e. The molecule has 0 aliphatic heterocycles. The van der Waals surface area contributed by atoms with Gasteiger partial charge in [0.15, 0.2) is 5.78 Å². The summed E-state index contributed by atoms with van der Waals surface area (Å²) in [7, 11) is 0. The van der Waals surface area contributed by atoms with E-state index < -0.39 is 0 Å². The summed E-state index contributed by atoms with van der Waals surface area (Å²) in [6.07, 6.45) is 1.85. The van der Waals surface area contributed by atoms with E-state index in [1.807, 2.05) is 22.0 Å². The fraction of sp³-hybridized carbons (Fsp3) is 0.125. The van der Waals surface area contributed by atoms with Gasteiger partial charge in [-0.1, -0.05) is 11.6 Å². The smallest absolute Gasteiger partial charge is 0.178 e. The van der Waals surface area contributed by atoms with Crippen LogP contribution in [-0.2, 0) is 0 Å². The van der Waals surface area contributed by atoms with Crippen molar-refractivity contribution in [2.75, 3.05) is 0 Å². The molecule has 62 valence electrons. The number of Topliss-reactive ketones (excluding diaryl/α,β-unsaturated/α-hetero) is 1. The van der Waals surface area contributed by atoms with Crippen molar-refractivity contribution < 1.29 is 4.79 Å². The molecule has 0 N–H and O–H groups in total. The van der Waals surface area contributed by atoms with Crippen LogP contribution in [0.4, 0.5) is 0 Å². The quantitative estimate of drug-likeness (QED) is 0.648. The van der Waals surface area contributed by atoms with Gasteiger partial charge in [0, 0.05) is 18.5 Å². The van der Waals surface area contributed by atoms with E-state index in [0.717, 1.165) is 4.83 Å². The maximum atomic E-state index is 11.1. The second-order valence-electron chi connectivity index (χ2n) is 2.51. The monoisotopic (exact) mass is 199 g/mol. The molecule has 0 saturated carbocycles. The van der Waals surface area contributed by atoms with Crippen LogP contribution in [0.1, 0.15) is 17.4 Å². The first kappa shape index (κ1) is 7.83. The number of hydrogen-bond acceptors (Lipinski definition) is 2. The average molecular weight is 200 g/mol. The Morgan fingerprint density at radius 2 is 2.42 bits per heavy atom. The molecule has 2 heterocycles. The number of hydrogen-bond donors (Lipinski definition) is 0. The van der Waals surface area contributed by atoms with Crippen LogP contribution < -0.4 is 0 Å². The van der Waals surface area contributed by atoms with Gasteiger partial charge < -0.3 is 4.40 Å². The topological polar surface area (TPSA) is 21.5 Å². The number of nitrogens with zero attached hydrogens (tertiary/aromatic N) is 1. The lowest BCUT2D eigenvalue weighted by molar-refractivity contribution is 0.101. The molecule has 0 amide bonds. The molecule has 2 aromatic heterocycles. The molecule has 4 heteroatoms. The van der Waals surface area contributed by atoms with Crippen LogP contribution in [0.3, 0.4) is 0 Å². The number of thiazole rings is 1. The van der Waals surface area contributed by atoms with Crippen molar-refractivity contribution in [1.82, 2.24) is 4.40 Å². The molecular formula is C8H6ClNOS. The van der Waals surface area contributed by atoms with Gasteiger partial charge in [0.25, 0.3) is 0 Å². The molecule has 0 spiro atoms. The van der Waals surface area contributed by atoms with Gasteiger partial charge >= 0.3 is 0 Å². The number of fused-ring (bicyclic) bond motifs is 1. The third-order valence-electron chi connectivity index (χ3n) is 1.69. The summed E-state index contributed by atoms with van der Waals surface area (Å²) in [5.41, 5.74) is 0.577. The lowest BCUT2D eigenvalue weighted by atomic mass is 10.3. The molecule has 0 aliphatic carbocycles. The zero-order chi connectivity index (χ0) is 8.72. The fourth-order valence-corrected chi connectivity index (χ4v) is 2.37. The first-order valence-corrected chi connectivity index (χ1v) is 4.71. The molecule has 0 unspecified atom stereocenters. The largest absolute Gasteiger partial charge is 0.303 e. The van der Waals surface area contributed by atoms with Gasteiger partial charge in [0.2, 0.25) is 0 Å². The Hall–Kier alpha value is -0.800. The van der Waals surface area contributed by atoms with Crippen LogP contribution in [0.5, 0.6) is 0 Å². The summed E-state index contributed by atoms with van der Waals surface area (Å²) in [6, 6.07) is 1.81. The summed E-state index contributed by atoms with van der Waals surface area (Å²) in [5, 5.41) is 2.47. The Bertz CT molecular complexity index is 443. The van der Waals surface area contributed by atoms with Crippen LogP contribution in [-0.4, -0.2) is 10.2 Å². The third kappa shape index (κ3) is 0.974. The van der Waals surface area contributed by atoms with E-state index in [2.05, 4.69) is 0 Å². The summed E-state index contributed by atoms with van der Waals surface area (Å²) in [6.45, 7) is 1.52. The second kappa shape index (κ2) is 2.61. The van der Waals surface area contributed by atoms with Crippen molar-refractivity contribution in [2.24, 2.45) is 0 Å². The van der Waals surface area contributed by atoms with E-state index in [4.69, 9.17) is 11.6 Å². The molecule has 0 fully saturated rings. The Kier molecular flexibility index (Phi) is 1.70. The summed E-state index contributed by atoms with van der Waals surface area (Å²) in [4.78, 5) is 12.1. The van der Waals surface area contributed by atoms with Crippen LogP contribution in [0.2, 0.25) is 5.02 Å². The van der Waals surface area contributed by atoms with E-state index in [9.17, 15) is 4.79 Å². The molecule has 0 aliphatic rings. The highest BCUT2D eigenvalue weighted by Gasteiger charge is 2.12. The lowest BCUT2D eigenvalue weighted by Gasteiger charge is -1.92. The lowest BCUT2D eigenvalue weighted by Crippen LogP contribution is -1.96. The predicted octanol–water partition coefficient (Wildman–Crippen LogP) is 2.86. The second-order valence-corrected chi connectivity index (χ2v) is 3.84. The molecule has 0 aromatic carbocycles. The number of aromatic nitrogens is 1. The van der Waals surface area contributed by atoms with Gasteiger partial charge in [-0.3, -0.25) is 4.79 Å². The first-order chi connectivity index (χ1) is 5.70. The molecule has 0 atom stereocenters. The van der Waals surface area contributed by atoms with Crippen LogP contribution in [0.25, 0.3) is 4.83 Å². The van der Waals surface area contributed by atoms with Gasteiger partial charge in [0.05, 0.1) is 5.02 Å². The average Bonchev–Trinajstić information content (AvgIpc) is 2.44. The van der Waals surface area contributed by atoms with Crippen molar-refractivity contribution in [3.8, 4) is 0 Å². The molecule has 0 radical (unpaired) electrons. The van der Waals surface area contributed by atoms with E-state index in [1.165, 1.54) is 6.92 Å². The molecule has 2 rings (SSSR count). The van der Waals surface area contributed by atoms with Crippen molar-refractivity contribution in [3.63, 3.8) is 0 Å². The number of ketones is 1. The Labute approximate surface area is 78.4 Å². The Morgan fingerprint density at radius 3 is 3.08 bits per heavy atom. The van der Waals surface area contributed by atoms with Crippen LogP contribution >= 0.6 is 22.9 Å². The Morgan fingerprint density at radius 1 is 1.67 bits per heavy atom. The minimum Gasteiger partial charge on any atom is -0.303 e. The summed E-state index contributed by atoms with van der Waals surface area (Å²) >= 11 is 7.43. The van der Waals surface area contributed by atoms with Crippen molar-refractivity contribution in [3.05, 3.63) is 28.4 Å². The molecular weight excluding hydrogens is 194 g/mol. The molecule has 2 nitrogen and oxygen atoms in total. The maximum absolute atomic E-state index is 11.1. The standard InChI is InChI=1S/C8H6ClNOS/c1-5(11)8-6(9)4-7-10(8)2-3-12-7/h2-4H,1H3. The van der Waals surface area contributed by atoms with Gasteiger partial charge in [-0.2, -0.15) is 0 Å². The molecule has 0 bridgehead atoms. The van der Waals surface area contributed by atoms with Crippen LogP contribution in [0.15, 0.2) is 17.6 Å². The first-order valence-electron chi connectivity index (χ1n) is 3.45. The van der Waals surface area contributed by atoms with E-state index in [1.54, 1.807) is 11.3 Å². The number of carbonyl (C=O) groups excluding carboxylic acids is 1. The van der Waals surface area contributed by atoms with Gasteiger partial charge in [-0.25, -0.2) is 0 Å². The van der Waals surface area contributed by atoms with Gasteiger partial charge in [0.1, 0.15) is 10.5 Å².